The highest BCUT2D eigenvalue weighted by molar-refractivity contribution is 7.89. The van der Waals surface area contributed by atoms with Gasteiger partial charge in [0.2, 0.25) is 10.0 Å². The lowest BCUT2D eigenvalue weighted by Crippen LogP contribution is -2.37. The molecule has 128 valence electrons. The highest BCUT2D eigenvalue weighted by atomic mass is 32.2. The Labute approximate surface area is 136 Å². The molecular formula is C16H23NO5S. The molecule has 1 aromatic carbocycles. The molecule has 0 saturated heterocycles. The fourth-order valence-corrected chi connectivity index (χ4v) is 4.31. The molecular weight excluding hydrogens is 318 g/mol. The van der Waals surface area contributed by atoms with Gasteiger partial charge in [-0.05, 0) is 63.1 Å². The van der Waals surface area contributed by atoms with Crippen LogP contribution in [0.15, 0.2) is 17.0 Å². The number of carbonyl (C=O) groups is 1. The van der Waals surface area contributed by atoms with Crippen molar-refractivity contribution in [3.63, 3.8) is 0 Å². The zero-order chi connectivity index (χ0) is 17.3. The first-order valence-electron chi connectivity index (χ1n) is 7.72. The van der Waals surface area contributed by atoms with Crippen molar-refractivity contribution in [2.75, 3.05) is 6.54 Å². The van der Waals surface area contributed by atoms with E-state index >= 15 is 0 Å². The van der Waals surface area contributed by atoms with Crippen LogP contribution in [-0.2, 0) is 10.0 Å². The highest BCUT2D eigenvalue weighted by Gasteiger charge is 2.33. The summed E-state index contributed by atoms with van der Waals surface area (Å²) in [5.41, 5.74) is 0.169. The van der Waals surface area contributed by atoms with Crippen LogP contribution in [0, 0.1) is 13.8 Å². The minimum Gasteiger partial charge on any atom is -0.478 e. The number of sulfonamides is 1. The molecule has 0 amide bonds. The second-order valence-electron chi connectivity index (χ2n) is 6.26. The molecule has 7 heteroatoms. The molecule has 0 radical (unpaired) electrons. The maximum atomic E-state index is 12.4. The Morgan fingerprint density at radius 1 is 1.30 bits per heavy atom. The van der Waals surface area contributed by atoms with Gasteiger partial charge in [-0.3, -0.25) is 0 Å². The monoisotopic (exact) mass is 341 g/mol. The molecule has 23 heavy (non-hydrogen) atoms. The molecule has 0 heterocycles. The average Bonchev–Trinajstić information content (AvgIpc) is 2.41. The van der Waals surface area contributed by atoms with E-state index in [0.29, 0.717) is 18.4 Å². The number of hydrogen-bond acceptors (Lipinski definition) is 4. The van der Waals surface area contributed by atoms with E-state index in [1.165, 1.54) is 19.1 Å². The molecule has 2 rings (SSSR count). The fraction of sp³-hybridized carbons (Fsp3) is 0.562. The van der Waals surface area contributed by atoms with Crippen LogP contribution in [0.2, 0.25) is 0 Å². The lowest BCUT2D eigenvalue weighted by Gasteiger charge is -2.36. The maximum Gasteiger partial charge on any atom is 0.336 e. The third-order valence-corrected chi connectivity index (χ3v) is 6.13. The Balaban J connectivity index is 2.07. The summed E-state index contributed by atoms with van der Waals surface area (Å²) in [6, 6.07) is 2.93. The van der Waals surface area contributed by atoms with Crippen molar-refractivity contribution in [2.45, 2.75) is 56.4 Å². The number of hydrogen-bond donors (Lipinski definition) is 3. The van der Waals surface area contributed by atoms with Gasteiger partial charge in [-0.2, -0.15) is 0 Å². The largest absolute Gasteiger partial charge is 0.478 e. The highest BCUT2D eigenvalue weighted by Crippen LogP contribution is 2.35. The molecule has 0 atom stereocenters. The predicted molar refractivity (Wildman–Crippen MR) is 86.1 cm³/mol. The number of benzene rings is 1. The molecule has 0 aliphatic heterocycles. The van der Waals surface area contributed by atoms with Crippen LogP contribution >= 0.6 is 0 Å². The van der Waals surface area contributed by atoms with E-state index in [-0.39, 0.29) is 22.6 Å². The minimum absolute atomic E-state index is 0.0112. The summed E-state index contributed by atoms with van der Waals surface area (Å²) in [5.74, 6) is -1.13. The van der Waals surface area contributed by atoms with Gasteiger partial charge < -0.3 is 10.2 Å². The third kappa shape index (κ3) is 3.91. The Morgan fingerprint density at radius 3 is 2.48 bits per heavy atom. The van der Waals surface area contributed by atoms with Crippen LogP contribution in [0.1, 0.15) is 53.6 Å². The smallest absolute Gasteiger partial charge is 0.336 e. The molecule has 0 spiro atoms. The topological polar surface area (TPSA) is 104 Å². The zero-order valence-electron chi connectivity index (χ0n) is 13.4. The van der Waals surface area contributed by atoms with Crippen LogP contribution in [0.25, 0.3) is 0 Å². The summed E-state index contributed by atoms with van der Waals surface area (Å²) >= 11 is 0. The first-order chi connectivity index (χ1) is 10.7. The van der Waals surface area contributed by atoms with Crippen molar-refractivity contribution in [1.29, 1.82) is 0 Å². The number of nitrogens with one attached hydrogen (secondary N) is 1. The number of carboxylic acids is 1. The van der Waals surface area contributed by atoms with E-state index < -0.39 is 21.6 Å². The third-order valence-electron chi connectivity index (χ3n) is 4.52. The van der Waals surface area contributed by atoms with E-state index in [4.69, 9.17) is 0 Å². The maximum absolute atomic E-state index is 12.4. The van der Waals surface area contributed by atoms with Gasteiger partial charge in [0.1, 0.15) is 0 Å². The number of aryl methyl sites for hydroxylation is 1. The van der Waals surface area contributed by atoms with Crippen LogP contribution < -0.4 is 4.72 Å². The van der Waals surface area contributed by atoms with Crippen LogP contribution in [0.4, 0.5) is 0 Å². The summed E-state index contributed by atoms with van der Waals surface area (Å²) in [4.78, 5) is 11.3. The lowest BCUT2D eigenvalue weighted by atomic mass is 9.77. The molecule has 0 unspecified atom stereocenters. The van der Waals surface area contributed by atoms with E-state index in [1.54, 1.807) is 6.92 Å². The molecule has 1 aliphatic rings. The van der Waals surface area contributed by atoms with E-state index in [1.807, 2.05) is 0 Å². The van der Waals surface area contributed by atoms with Crippen molar-refractivity contribution in [1.82, 2.24) is 4.72 Å². The predicted octanol–water partition coefficient (Wildman–Crippen LogP) is 1.98. The normalized spacial score (nSPS) is 16.8. The molecule has 1 aliphatic carbocycles. The molecule has 1 fully saturated rings. The Morgan fingerprint density at radius 2 is 1.96 bits per heavy atom. The van der Waals surface area contributed by atoms with Crippen LogP contribution in [-0.4, -0.2) is 36.7 Å². The Bertz CT molecular complexity index is 707. The van der Waals surface area contributed by atoms with Gasteiger partial charge in [0, 0.05) is 6.54 Å². The number of aliphatic hydroxyl groups is 1. The zero-order valence-corrected chi connectivity index (χ0v) is 14.2. The summed E-state index contributed by atoms with van der Waals surface area (Å²) in [6.07, 6.45) is 3.69. The van der Waals surface area contributed by atoms with E-state index in [9.17, 15) is 23.4 Å². The fourth-order valence-electron chi connectivity index (χ4n) is 2.98. The quantitative estimate of drug-likeness (QED) is 0.658. The standard InChI is InChI=1S/C16H23NO5S/c1-11-5-6-13(12(2)14(11)15(18)19)23(21,22)17-10-4-9-16(20)7-3-8-16/h5-6,17,20H,3-4,7-10H2,1-2H3,(H,18,19). The molecule has 1 aromatic rings. The summed E-state index contributed by atoms with van der Waals surface area (Å²) in [6.45, 7) is 3.36. The average molecular weight is 341 g/mol. The number of rotatable bonds is 7. The van der Waals surface area contributed by atoms with Crippen molar-refractivity contribution in [3.8, 4) is 0 Å². The second kappa shape index (κ2) is 6.59. The van der Waals surface area contributed by atoms with Crippen molar-refractivity contribution < 1.29 is 23.4 Å². The lowest BCUT2D eigenvalue weighted by molar-refractivity contribution is -0.0412. The number of carboxylic acid groups (broad SMARTS) is 1. The van der Waals surface area contributed by atoms with Gasteiger partial charge in [-0.15, -0.1) is 0 Å². The Hall–Kier alpha value is -1.44. The summed E-state index contributed by atoms with van der Waals surface area (Å²) in [7, 11) is -3.77. The Kier molecular flexibility index (Phi) is 5.13. The van der Waals surface area contributed by atoms with Gasteiger partial charge >= 0.3 is 5.97 Å². The van der Waals surface area contributed by atoms with Crippen molar-refractivity contribution in [3.05, 3.63) is 28.8 Å². The second-order valence-corrected chi connectivity index (χ2v) is 8.00. The summed E-state index contributed by atoms with van der Waals surface area (Å²) < 4.78 is 27.3. The molecule has 1 saturated carbocycles. The molecule has 0 aromatic heterocycles. The summed E-state index contributed by atoms with van der Waals surface area (Å²) in [5, 5.41) is 19.2. The van der Waals surface area contributed by atoms with E-state index in [0.717, 1.165) is 19.3 Å². The van der Waals surface area contributed by atoms with Gasteiger partial charge in [0.25, 0.3) is 0 Å². The SMILES string of the molecule is Cc1ccc(S(=O)(=O)NCCCC2(O)CCC2)c(C)c1C(=O)O. The van der Waals surface area contributed by atoms with Crippen LogP contribution in [0.5, 0.6) is 0 Å². The number of aromatic carboxylic acids is 1. The van der Waals surface area contributed by atoms with Crippen molar-refractivity contribution in [2.24, 2.45) is 0 Å². The van der Waals surface area contributed by atoms with E-state index in [2.05, 4.69) is 4.72 Å². The van der Waals surface area contributed by atoms with Gasteiger partial charge in [-0.1, -0.05) is 6.07 Å². The first kappa shape index (κ1) is 17.9. The van der Waals surface area contributed by atoms with Gasteiger partial charge in [-0.25, -0.2) is 17.9 Å². The first-order valence-corrected chi connectivity index (χ1v) is 9.20. The molecule has 6 nitrogen and oxygen atoms in total. The van der Waals surface area contributed by atoms with Gasteiger partial charge in [0.05, 0.1) is 16.1 Å². The molecule has 0 bridgehead atoms. The van der Waals surface area contributed by atoms with Crippen LogP contribution in [0.3, 0.4) is 0 Å². The van der Waals surface area contributed by atoms with Gasteiger partial charge in [0.15, 0.2) is 0 Å². The molecule has 3 N–H and O–H groups in total. The van der Waals surface area contributed by atoms with Crippen molar-refractivity contribution >= 4 is 16.0 Å². The minimum atomic E-state index is -3.77.